The van der Waals surface area contributed by atoms with Crippen LogP contribution in [0.15, 0.2) is 30.5 Å². The quantitative estimate of drug-likeness (QED) is 0.108. The summed E-state index contributed by atoms with van der Waals surface area (Å²) in [5.41, 5.74) is 17.6. The molecule has 1 aromatic heterocycles. The van der Waals surface area contributed by atoms with Crippen molar-refractivity contribution in [1.82, 2.24) is 20.9 Å². The number of aromatic nitrogens is 1. The van der Waals surface area contributed by atoms with Crippen LogP contribution in [0.25, 0.3) is 10.9 Å². The summed E-state index contributed by atoms with van der Waals surface area (Å²) in [7, 11) is 0. The fourth-order valence-corrected chi connectivity index (χ4v) is 3.83. The van der Waals surface area contributed by atoms with Gasteiger partial charge in [0, 0.05) is 35.7 Å². The number of para-hydroxylation sites is 1. The molecule has 4 unspecified atom stereocenters. The lowest BCUT2D eigenvalue weighted by Gasteiger charge is -2.24. The summed E-state index contributed by atoms with van der Waals surface area (Å²) in [6.45, 7) is 0. The Balaban J connectivity index is 2.29. The zero-order valence-electron chi connectivity index (χ0n) is 20.3. The molecule has 0 bridgehead atoms. The molecule has 4 atom stereocenters. The largest absolute Gasteiger partial charge is 0.480 e. The molecule has 0 spiro atoms. The number of nitrogens with two attached hydrogens (primary N) is 3. The van der Waals surface area contributed by atoms with Crippen molar-refractivity contribution >= 4 is 59.0 Å². The molecule has 11 N–H and O–H groups in total. The Morgan fingerprint density at radius 2 is 1.50 bits per heavy atom. The Labute approximate surface area is 222 Å². The van der Waals surface area contributed by atoms with Crippen LogP contribution in [0.3, 0.4) is 0 Å². The first-order valence-electron chi connectivity index (χ1n) is 11.5. The molecule has 1 aromatic carbocycles. The maximum absolute atomic E-state index is 13.3. The average Bonchev–Trinajstić information content (AvgIpc) is 3.26. The highest BCUT2D eigenvalue weighted by atomic mass is 32.1. The highest BCUT2D eigenvalue weighted by Crippen LogP contribution is 2.19. The minimum absolute atomic E-state index is 0.0383. The summed E-state index contributed by atoms with van der Waals surface area (Å²) >= 11 is 3.87. The summed E-state index contributed by atoms with van der Waals surface area (Å²) in [5, 5.41) is 17.0. The lowest BCUT2D eigenvalue weighted by molar-refractivity contribution is -0.141. The smallest absolute Gasteiger partial charge is 0.327 e. The van der Waals surface area contributed by atoms with Crippen LogP contribution >= 0.6 is 12.6 Å². The molecule has 0 saturated carbocycles. The number of rotatable bonds is 15. The molecule has 0 aliphatic carbocycles. The zero-order valence-corrected chi connectivity index (χ0v) is 21.2. The number of aliphatic carboxylic acids is 1. The highest BCUT2D eigenvalue weighted by Gasteiger charge is 2.31. The SMILES string of the molecule is NC(=O)CCC(N)C(=O)NC(Cc1c[nH]c2ccccc12)C(=O)NC(CC(N)=O)C(=O)NC(CS)C(=O)O. The molecule has 0 aliphatic rings. The van der Waals surface area contributed by atoms with Gasteiger partial charge in [-0.1, -0.05) is 18.2 Å². The topological polar surface area (TPSA) is 253 Å². The van der Waals surface area contributed by atoms with E-state index in [1.165, 1.54) is 0 Å². The molecular weight excluding hydrogens is 518 g/mol. The van der Waals surface area contributed by atoms with E-state index in [4.69, 9.17) is 17.2 Å². The monoisotopic (exact) mass is 549 g/mol. The summed E-state index contributed by atoms with van der Waals surface area (Å²) in [6, 6.07) is 1.89. The first-order chi connectivity index (χ1) is 17.9. The maximum Gasteiger partial charge on any atom is 0.327 e. The molecule has 2 aromatic rings. The first-order valence-corrected chi connectivity index (χ1v) is 12.2. The number of benzene rings is 1. The lowest BCUT2D eigenvalue weighted by Crippen LogP contribution is -2.58. The van der Waals surface area contributed by atoms with Gasteiger partial charge in [0.2, 0.25) is 29.5 Å². The second-order valence-electron chi connectivity index (χ2n) is 8.55. The number of fused-ring (bicyclic) bond motifs is 1. The summed E-state index contributed by atoms with van der Waals surface area (Å²) in [4.78, 5) is 75.7. The van der Waals surface area contributed by atoms with Gasteiger partial charge in [0.25, 0.3) is 0 Å². The number of carboxylic acids is 1. The van der Waals surface area contributed by atoms with Crippen LogP contribution < -0.4 is 33.2 Å². The number of carbonyl (C=O) groups excluding carboxylic acids is 5. The number of nitrogens with one attached hydrogen (secondary N) is 4. The Morgan fingerprint density at radius 1 is 0.895 bits per heavy atom. The van der Waals surface area contributed by atoms with Gasteiger partial charge in [-0.15, -0.1) is 0 Å². The van der Waals surface area contributed by atoms with E-state index in [0.29, 0.717) is 5.56 Å². The molecule has 2 rings (SSSR count). The van der Waals surface area contributed by atoms with E-state index in [-0.39, 0.29) is 25.0 Å². The number of hydrogen-bond acceptors (Lipinski definition) is 8. The summed E-state index contributed by atoms with van der Waals surface area (Å²) in [6.07, 6.45) is 0.772. The van der Waals surface area contributed by atoms with E-state index in [1.807, 2.05) is 18.2 Å². The van der Waals surface area contributed by atoms with Crippen LogP contribution in [-0.4, -0.2) is 75.5 Å². The van der Waals surface area contributed by atoms with E-state index < -0.39 is 66.1 Å². The minimum atomic E-state index is -1.53. The number of carbonyl (C=O) groups is 6. The van der Waals surface area contributed by atoms with Gasteiger partial charge in [0.1, 0.15) is 18.1 Å². The third-order valence-electron chi connectivity index (χ3n) is 5.61. The third kappa shape index (κ3) is 8.77. The standard InChI is InChI=1S/C23H31N7O7S/c24-13(5-6-18(25)31)20(33)28-15(7-11-9-27-14-4-2-1-3-12(11)14)21(34)29-16(8-19(26)32)22(35)30-17(10-38)23(36)37/h1-4,9,13,15-17,27,38H,5-8,10,24H2,(H2,25,31)(H2,26,32)(H,28,33)(H,29,34)(H,30,35)(H,36,37). The predicted octanol–water partition coefficient (Wildman–Crippen LogP) is -2.35. The van der Waals surface area contributed by atoms with Crippen molar-refractivity contribution in [1.29, 1.82) is 0 Å². The van der Waals surface area contributed by atoms with Gasteiger partial charge in [0.05, 0.1) is 12.5 Å². The molecule has 14 nitrogen and oxygen atoms in total. The Morgan fingerprint density at radius 3 is 2.11 bits per heavy atom. The number of carboxylic acid groups (broad SMARTS) is 1. The molecule has 0 aliphatic heterocycles. The molecule has 1 heterocycles. The fourth-order valence-electron chi connectivity index (χ4n) is 3.58. The second kappa shape index (κ2) is 14.0. The number of primary amides is 2. The molecule has 0 fully saturated rings. The number of aromatic amines is 1. The van der Waals surface area contributed by atoms with Crippen molar-refractivity contribution < 1.29 is 33.9 Å². The predicted molar refractivity (Wildman–Crippen MR) is 139 cm³/mol. The van der Waals surface area contributed by atoms with Gasteiger partial charge in [-0.3, -0.25) is 24.0 Å². The van der Waals surface area contributed by atoms with Crippen LogP contribution in [0, 0.1) is 0 Å². The van der Waals surface area contributed by atoms with E-state index in [1.54, 1.807) is 12.3 Å². The Kier molecular flexibility index (Phi) is 11.1. The average molecular weight is 550 g/mol. The van der Waals surface area contributed by atoms with Gasteiger partial charge < -0.3 is 43.2 Å². The van der Waals surface area contributed by atoms with Gasteiger partial charge in [-0.05, 0) is 18.1 Å². The van der Waals surface area contributed by atoms with Gasteiger partial charge in [-0.25, -0.2) is 4.79 Å². The molecule has 206 valence electrons. The number of amides is 5. The number of hydrogen-bond donors (Lipinski definition) is 9. The molecule has 0 saturated heterocycles. The fraction of sp³-hybridized carbons (Fsp3) is 0.391. The number of H-pyrrole nitrogens is 1. The molecule has 15 heteroatoms. The van der Waals surface area contributed by atoms with Crippen molar-refractivity contribution in [2.75, 3.05) is 5.75 Å². The molecule has 0 radical (unpaired) electrons. The lowest BCUT2D eigenvalue weighted by atomic mass is 10.0. The Bertz CT molecular complexity index is 1200. The van der Waals surface area contributed by atoms with E-state index >= 15 is 0 Å². The normalized spacial score (nSPS) is 14.1. The zero-order chi connectivity index (χ0) is 28.4. The van der Waals surface area contributed by atoms with Crippen LogP contribution in [0.2, 0.25) is 0 Å². The van der Waals surface area contributed by atoms with E-state index in [2.05, 4.69) is 33.6 Å². The minimum Gasteiger partial charge on any atom is -0.480 e. The summed E-state index contributed by atoms with van der Waals surface area (Å²) < 4.78 is 0. The van der Waals surface area contributed by atoms with Crippen molar-refractivity contribution in [2.24, 2.45) is 17.2 Å². The van der Waals surface area contributed by atoms with Gasteiger partial charge >= 0.3 is 5.97 Å². The van der Waals surface area contributed by atoms with Crippen molar-refractivity contribution in [3.63, 3.8) is 0 Å². The third-order valence-corrected chi connectivity index (χ3v) is 5.97. The van der Waals surface area contributed by atoms with Crippen LogP contribution in [0.1, 0.15) is 24.8 Å². The highest BCUT2D eigenvalue weighted by molar-refractivity contribution is 7.80. The van der Waals surface area contributed by atoms with Crippen molar-refractivity contribution in [2.45, 2.75) is 49.9 Å². The van der Waals surface area contributed by atoms with Gasteiger partial charge in [-0.2, -0.15) is 12.6 Å². The van der Waals surface area contributed by atoms with Crippen molar-refractivity contribution in [3.05, 3.63) is 36.0 Å². The van der Waals surface area contributed by atoms with E-state index in [0.717, 1.165) is 10.9 Å². The van der Waals surface area contributed by atoms with Crippen LogP contribution in [-0.2, 0) is 35.2 Å². The molecule has 5 amide bonds. The number of thiol groups is 1. The maximum atomic E-state index is 13.3. The molecular formula is C23H31N7O7S. The first kappa shape index (κ1) is 30.1. The molecule has 38 heavy (non-hydrogen) atoms. The summed E-state index contributed by atoms with van der Waals surface area (Å²) in [5.74, 6) is -5.79. The Hall–Kier alpha value is -4.11. The second-order valence-corrected chi connectivity index (χ2v) is 8.92. The van der Waals surface area contributed by atoms with E-state index in [9.17, 15) is 33.9 Å². The van der Waals surface area contributed by atoms with Crippen LogP contribution in [0.5, 0.6) is 0 Å². The van der Waals surface area contributed by atoms with Gasteiger partial charge in [0.15, 0.2) is 0 Å². The van der Waals surface area contributed by atoms with Crippen LogP contribution in [0.4, 0.5) is 0 Å². The van der Waals surface area contributed by atoms with Crippen molar-refractivity contribution in [3.8, 4) is 0 Å².